The van der Waals surface area contributed by atoms with Crippen LogP contribution in [0, 0.1) is 5.41 Å². The first kappa shape index (κ1) is 12.1. The Balaban J connectivity index is 2.47. The molecule has 1 aliphatic carbocycles. The zero-order valence-corrected chi connectivity index (χ0v) is 9.57. The molecule has 1 atom stereocenters. The fourth-order valence-corrected chi connectivity index (χ4v) is 3.29. The van der Waals surface area contributed by atoms with Gasteiger partial charge in [0.1, 0.15) is 0 Å². The highest BCUT2D eigenvalue weighted by Crippen LogP contribution is 2.49. The molecule has 0 aromatic heterocycles. The van der Waals surface area contributed by atoms with Crippen LogP contribution >= 0.6 is 0 Å². The highest BCUT2D eigenvalue weighted by atomic mass is 32.2. The van der Waals surface area contributed by atoms with E-state index in [-0.39, 0.29) is 16.9 Å². The Bertz CT molecular complexity index is 317. The molecule has 7 heteroatoms. The summed E-state index contributed by atoms with van der Waals surface area (Å²) in [5.41, 5.74) is -0.298. The van der Waals surface area contributed by atoms with E-state index < -0.39 is 21.2 Å². The lowest BCUT2D eigenvalue weighted by Gasteiger charge is -2.12. The Labute approximate surface area is 86.2 Å². The van der Waals surface area contributed by atoms with E-state index in [0.29, 0.717) is 6.42 Å². The minimum Gasteiger partial charge on any atom is -0.306 e. The second-order valence-corrected chi connectivity index (χ2v) is 6.43. The van der Waals surface area contributed by atoms with Crippen molar-refractivity contribution in [2.75, 3.05) is 18.6 Å². The maximum Gasteiger partial charge on any atom is 0.267 e. The number of rotatable bonds is 6. The van der Waals surface area contributed by atoms with Crippen LogP contribution < -0.4 is 0 Å². The van der Waals surface area contributed by atoms with E-state index in [9.17, 15) is 12.6 Å². The lowest BCUT2D eigenvalue weighted by Crippen LogP contribution is -2.20. The molecule has 0 saturated heterocycles. The van der Waals surface area contributed by atoms with Gasteiger partial charge < -0.3 is 4.55 Å². The van der Waals surface area contributed by atoms with Crippen molar-refractivity contribution in [3.63, 3.8) is 0 Å². The predicted molar refractivity (Wildman–Crippen MR) is 52.7 cm³/mol. The SMILES string of the molecule is COS(=O)(=O)CC1(CCS(=O)O)CC1. The number of hydrogen-bond donors (Lipinski definition) is 1. The van der Waals surface area contributed by atoms with Gasteiger partial charge in [-0.3, -0.25) is 4.18 Å². The monoisotopic (exact) mass is 242 g/mol. The van der Waals surface area contributed by atoms with Crippen molar-refractivity contribution in [1.29, 1.82) is 0 Å². The zero-order chi connectivity index (χ0) is 10.8. The summed E-state index contributed by atoms with van der Waals surface area (Å²) in [5, 5.41) is 0. The van der Waals surface area contributed by atoms with Gasteiger partial charge in [0.25, 0.3) is 10.1 Å². The van der Waals surface area contributed by atoms with E-state index >= 15 is 0 Å². The van der Waals surface area contributed by atoms with Crippen molar-refractivity contribution in [2.24, 2.45) is 5.41 Å². The second kappa shape index (κ2) is 4.26. The van der Waals surface area contributed by atoms with Crippen molar-refractivity contribution < 1.29 is 21.4 Å². The molecular weight excluding hydrogens is 228 g/mol. The summed E-state index contributed by atoms with van der Waals surface area (Å²) in [6, 6.07) is 0. The third-order valence-electron chi connectivity index (χ3n) is 2.50. The average molecular weight is 242 g/mol. The smallest absolute Gasteiger partial charge is 0.267 e. The Kier molecular flexibility index (Phi) is 3.68. The summed E-state index contributed by atoms with van der Waals surface area (Å²) in [7, 11) is -2.31. The maximum absolute atomic E-state index is 11.1. The van der Waals surface area contributed by atoms with Crippen LogP contribution in [0.4, 0.5) is 0 Å². The third kappa shape index (κ3) is 3.64. The molecule has 1 saturated carbocycles. The van der Waals surface area contributed by atoms with Crippen LogP contribution in [0.1, 0.15) is 19.3 Å². The van der Waals surface area contributed by atoms with Gasteiger partial charge in [0.15, 0.2) is 11.1 Å². The normalized spacial score (nSPS) is 21.9. The molecule has 1 N–H and O–H groups in total. The molecule has 14 heavy (non-hydrogen) atoms. The topological polar surface area (TPSA) is 80.7 Å². The van der Waals surface area contributed by atoms with Gasteiger partial charge >= 0.3 is 0 Å². The molecule has 5 nitrogen and oxygen atoms in total. The van der Waals surface area contributed by atoms with E-state index in [1.807, 2.05) is 0 Å². The van der Waals surface area contributed by atoms with Gasteiger partial charge in [-0.25, -0.2) is 4.21 Å². The Morgan fingerprint density at radius 3 is 2.43 bits per heavy atom. The molecule has 84 valence electrons. The van der Waals surface area contributed by atoms with Crippen LogP contribution in [0.3, 0.4) is 0 Å². The molecule has 0 aromatic rings. The standard InChI is InChI=1S/C7H14O5S2/c1-12-14(10,11)6-7(2-3-7)4-5-13(8)9/h2-6H2,1H3,(H,8,9). The van der Waals surface area contributed by atoms with Crippen LogP contribution in [-0.2, 0) is 25.4 Å². The van der Waals surface area contributed by atoms with Crippen LogP contribution in [0.15, 0.2) is 0 Å². The van der Waals surface area contributed by atoms with E-state index in [0.717, 1.165) is 20.0 Å². The highest BCUT2D eigenvalue weighted by molar-refractivity contribution is 7.86. The molecule has 0 amide bonds. The maximum atomic E-state index is 11.1. The minimum atomic E-state index is -3.44. The van der Waals surface area contributed by atoms with E-state index in [2.05, 4.69) is 4.18 Å². The molecule has 0 radical (unpaired) electrons. The Morgan fingerprint density at radius 2 is 2.07 bits per heavy atom. The van der Waals surface area contributed by atoms with Crippen LogP contribution in [0.25, 0.3) is 0 Å². The van der Waals surface area contributed by atoms with Crippen molar-refractivity contribution in [1.82, 2.24) is 0 Å². The van der Waals surface area contributed by atoms with E-state index in [4.69, 9.17) is 4.55 Å². The molecule has 1 fully saturated rings. The minimum absolute atomic E-state index is 0.0340. The summed E-state index contributed by atoms with van der Waals surface area (Å²) < 4.78 is 45.7. The van der Waals surface area contributed by atoms with Gasteiger partial charge in [0, 0.05) is 5.75 Å². The molecule has 0 spiro atoms. The van der Waals surface area contributed by atoms with Crippen molar-refractivity contribution in [3.05, 3.63) is 0 Å². The largest absolute Gasteiger partial charge is 0.306 e. The molecule has 1 aliphatic rings. The average Bonchev–Trinajstić information content (AvgIpc) is 2.82. The zero-order valence-electron chi connectivity index (χ0n) is 7.93. The lowest BCUT2D eigenvalue weighted by atomic mass is 10.1. The summed E-state index contributed by atoms with van der Waals surface area (Å²) in [5.74, 6) is 0.104. The lowest BCUT2D eigenvalue weighted by molar-refractivity contribution is 0.384. The van der Waals surface area contributed by atoms with Crippen molar-refractivity contribution in [3.8, 4) is 0 Å². The fourth-order valence-electron chi connectivity index (χ4n) is 1.38. The first-order valence-corrected chi connectivity index (χ1v) is 7.10. The van der Waals surface area contributed by atoms with Crippen molar-refractivity contribution in [2.45, 2.75) is 19.3 Å². The summed E-state index contributed by atoms with van der Waals surface area (Å²) in [4.78, 5) is 0. The Hall–Kier alpha value is 0.0200. The molecule has 0 bridgehead atoms. The van der Waals surface area contributed by atoms with Gasteiger partial charge in [0.2, 0.25) is 0 Å². The molecule has 0 aromatic carbocycles. The predicted octanol–water partition coefficient (Wildman–Crippen LogP) is 0.355. The van der Waals surface area contributed by atoms with Crippen LogP contribution in [0.2, 0.25) is 0 Å². The van der Waals surface area contributed by atoms with Gasteiger partial charge in [0.05, 0.1) is 12.9 Å². The van der Waals surface area contributed by atoms with Crippen LogP contribution in [-0.4, -0.2) is 35.8 Å². The van der Waals surface area contributed by atoms with E-state index in [1.54, 1.807) is 0 Å². The summed E-state index contributed by atoms with van der Waals surface area (Å²) >= 11 is -1.84. The van der Waals surface area contributed by atoms with E-state index in [1.165, 1.54) is 0 Å². The summed E-state index contributed by atoms with van der Waals surface area (Å²) in [6.45, 7) is 0. The Morgan fingerprint density at radius 1 is 1.50 bits per heavy atom. The molecule has 0 aliphatic heterocycles. The molecule has 1 rings (SSSR count). The van der Waals surface area contributed by atoms with Gasteiger partial charge in [-0.2, -0.15) is 8.42 Å². The van der Waals surface area contributed by atoms with Gasteiger partial charge in [-0.05, 0) is 24.7 Å². The first-order chi connectivity index (χ1) is 6.39. The quantitative estimate of drug-likeness (QED) is 0.537. The van der Waals surface area contributed by atoms with Crippen LogP contribution in [0.5, 0.6) is 0 Å². The second-order valence-electron chi connectivity index (χ2n) is 3.64. The number of hydrogen-bond acceptors (Lipinski definition) is 4. The van der Waals surface area contributed by atoms with Gasteiger partial charge in [-0.1, -0.05) is 0 Å². The molecule has 1 unspecified atom stereocenters. The molecular formula is C7H14O5S2. The van der Waals surface area contributed by atoms with Gasteiger partial charge in [-0.15, -0.1) is 0 Å². The highest BCUT2D eigenvalue weighted by Gasteiger charge is 2.46. The third-order valence-corrected chi connectivity index (χ3v) is 4.53. The van der Waals surface area contributed by atoms with Crippen molar-refractivity contribution >= 4 is 21.2 Å². The first-order valence-electron chi connectivity index (χ1n) is 4.25. The summed E-state index contributed by atoms with van der Waals surface area (Å²) in [6.07, 6.45) is 2.07. The fraction of sp³-hybridized carbons (Fsp3) is 1.00. The molecule has 0 heterocycles.